The molecule has 2 aromatic carbocycles. The molecule has 0 bridgehead atoms. The van der Waals surface area contributed by atoms with Crippen LogP contribution in [0.25, 0.3) is 6.08 Å². The van der Waals surface area contributed by atoms with Crippen LogP contribution in [0.5, 0.6) is 5.75 Å². The number of amides is 1. The van der Waals surface area contributed by atoms with Crippen LogP contribution in [0.3, 0.4) is 0 Å². The molecule has 0 radical (unpaired) electrons. The van der Waals surface area contributed by atoms with Gasteiger partial charge in [0.15, 0.2) is 0 Å². The number of anilines is 1. The second-order valence-corrected chi connectivity index (χ2v) is 8.94. The Hall–Kier alpha value is -2.64. The highest BCUT2D eigenvalue weighted by atomic mass is 32.2. The Labute approximate surface area is 173 Å². The number of ether oxygens (including phenoxy) is 1. The molecule has 0 aliphatic heterocycles. The van der Waals surface area contributed by atoms with Gasteiger partial charge in [-0.3, -0.25) is 4.79 Å². The van der Waals surface area contributed by atoms with Gasteiger partial charge in [-0.1, -0.05) is 31.5 Å². The van der Waals surface area contributed by atoms with Crippen LogP contribution in [0.15, 0.2) is 53.4 Å². The van der Waals surface area contributed by atoms with Gasteiger partial charge in [-0.2, -0.15) is 0 Å². The molecule has 29 heavy (non-hydrogen) atoms. The third kappa shape index (κ3) is 6.17. The average Bonchev–Trinajstić information content (AvgIpc) is 2.71. The lowest BCUT2D eigenvalue weighted by Gasteiger charge is -2.15. The van der Waals surface area contributed by atoms with E-state index in [-0.39, 0.29) is 16.6 Å². The number of aryl methyl sites for hydroxylation is 1. The highest BCUT2D eigenvalue weighted by molar-refractivity contribution is 7.89. The summed E-state index contributed by atoms with van der Waals surface area (Å²) in [4.78, 5) is 12.3. The van der Waals surface area contributed by atoms with E-state index in [1.165, 1.54) is 38.9 Å². The highest BCUT2D eigenvalue weighted by Crippen LogP contribution is 2.27. The lowest BCUT2D eigenvalue weighted by Crippen LogP contribution is -2.22. The molecule has 156 valence electrons. The van der Waals surface area contributed by atoms with Crippen molar-refractivity contribution in [3.05, 3.63) is 59.7 Å². The molecule has 1 amide bonds. The first-order chi connectivity index (χ1) is 13.8. The lowest BCUT2D eigenvalue weighted by molar-refractivity contribution is -0.111. The van der Waals surface area contributed by atoms with Gasteiger partial charge in [-0.15, -0.1) is 0 Å². The Balaban J connectivity index is 2.12. The van der Waals surface area contributed by atoms with Crippen molar-refractivity contribution in [2.75, 3.05) is 26.5 Å². The summed E-state index contributed by atoms with van der Waals surface area (Å²) in [5.41, 5.74) is 2.54. The van der Waals surface area contributed by atoms with Crippen molar-refractivity contribution >= 4 is 27.7 Å². The Kier molecular flexibility index (Phi) is 7.99. The first-order valence-corrected chi connectivity index (χ1v) is 10.9. The van der Waals surface area contributed by atoms with Gasteiger partial charge >= 0.3 is 0 Å². The molecule has 0 aromatic heterocycles. The minimum atomic E-state index is -3.67. The molecule has 2 rings (SSSR count). The fourth-order valence-corrected chi connectivity index (χ4v) is 3.77. The number of carbonyl (C=O) groups is 1. The first kappa shape index (κ1) is 22.6. The largest absolute Gasteiger partial charge is 0.495 e. The van der Waals surface area contributed by atoms with Crippen molar-refractivity contribution in [2.45, 2.75) is 31.1 Å². The summed E-state index contributed by atoms with van der Waals surface area (Å²) in [5.74, 6) is -0.0393. The van der Waals surface area contributed by atoms with Crippen molar-refractivity contribution in [3.63, 3.8) is 0 Å². The summed E-state index contributed by atoms with van der Waals surface area (Å²) in [6, 6.07) is 12.5. The van der Waals surface area contributed by atoms with Crippen molar-refractivity contribution in [2.24, 2.45) is 0 Å². The number of carbonyl (C=O) groups excluding carboxylic acids is 1. The summed E-state index contributed by atoms with van der Waals surface area (Å²) < 4.78 is 31.2. The SMILES string of the molecule is CCCCc1ccc(NC(=O)/C=C/c2ccc(OC)c(S(=O)(=O)N(C)C)c2)cc1. The number of methoxy groups -OCH3 is 1. The number of rotatable bonds is 9. The molecule has 0 aliphatic rings. The van der Waals surface area contributed by atoms with E-state index < -0.39 is 10.0 Å². The zero-order chi connectivity index (χ0) is 21.4. The lowest BCUT2D eigenvalue weighted by atomic mass is 10.1. The van der Waals surface area contributed by atoms with Crippen LogP contribution in [0, 0.1) is 0 Å². The molecule has 0 unspecified atom stereocenters. The van der Waals surface area contributed by atoms with Crippen molar-refractivity contribution < 1.29 is 17.9 Å². The van der Waals surface area contributed by atoms with Gasteiger partial charge in [0, 0.05) is 25.9 Å². The molecular formula is C22H28N2O4S. The Bertz CT molecular complexity index is 965. The average molecular weight is 417 g/mol. The van der Waals surface area contributed by atoms with Crippen LogP contribution in [0.2, 0.25) is 0 Å². The third-order valence-corrected chi connectivity index (χ3v) is 6.25. The maximum absolute atomic E-state index is 12.5. The number of hydrogen-bond acceptors (Lipinski definition) is 4. The number of hydrogen-bond donors (Lipinski definition) is 1. The molecule has 0 saturated carbocycles. The summed E-state index contributed by atoms with van der Waals surface area (Å²) in [6.07, 6.45) is 6.26. The molecule has 0 aliphatic carbocycles. The summed E-state index contributed by atoms with van der Waals surface area (Å²) in [6.45, 7) is 2.16. The molecule has 0 fully saturated rings. The van der Waals surface area contributed by atoms with E-state index in [1.807, 2.05) is 24.3 Å². The van der Waals surface area contributed by atoms with E-state index in [0.717, 1.165) is 23.6 Å². The smallest absolute Gasteiger partial charge is 0.248 e. The topological polar surface area (TPSA) is 75.7 Å². The van der Waals surface area contributed by atoms with Crippen LogP contribution >= 0.6 is 0 Å². The fourth-order valence-electron chi connectivity index (χ4n) is 2.69. The summed E-state index contributed by atoms with van der Waals surface area (Å²) in [5, 5.41) is 2.80. The van der Waals surface area contributed by atoms with Gasteiger partial charge in [-0.05, 0) is 54.3 Å². The molecule has 0 atom stereocenters. The second-order valence-electron chi connectivity index (χ2n) is 6.82. The predicted octanol–water partition coefficient (Wildman–Crippen LogP) is 3.94. The number of unbranched alkanes of at least 4 members (excludes halogenated alkanes) is 1. The van der Waals surface area contributed by atoms with E-state index in [1.54, 1.807) is 18.2 Å². The van der Waals surface area contributed by atoms with Crippen LogP contribution < -0.4 is 10.1 Å². The first-order valence-electron chi connectivity index (χ1n) is 9.46. The molecule has 7 heteroatoms. The fraction of sp³-hybridized carbons (Fsp3) is 0.318. The van der Waals surface area contributed by atoms with Gasteiger partial charge in [0.05, 0.1) is 7.11 Å². The summed E-state index contributed by atoms with van der Waals surface area (Å²) in [7, 11) is 0.664. The Morgan fingerprint density at radius 2 is 1.83 bits per heavy atom. The number of sulfonamides is 1. The normalized spacial score (nSPS) is 11.8. The van der Waals surface area contributed by atoms with E-state index in [0.29, 0.717) is 11.3 Å². The van der Waals surface area contributed by atoms with Crippen molar-refractivity contribution in [3.8, 4) is 5.75 Å². The predicted molar refractivity (Wildman–Crippen MR) is 117 cm³/mol. The molecule has 0 heterocycles. The number of nitrogens with one attached hydrogen (secondary N) is 1. The van der Waals surface area contributed by atoms with Gasteiger partial charge < -0.3 is 10.1 Å². The monoisotopic (exact) mass is 416 g/mol. The van der Waals surface area contributed by atoms with E-state index in [2.05, 4.69) is 12.2 Å². The maximum Gasteiger partial charge on any atom is 0.248 e. The number of nitrogens with zero attached hydrogens (tertiary/aromatic N) is 1. The van der Waals surface area contributed by atoms with Gasteiger partial charge in [0.1, 0.15) is 10.6 Å². The third-order valence-electron chi connectivity index (χ3n) is 4.41. The van der Waals surface area contributed by atoms with Crippen LogP contribution in [0.4, 0.5) is 5.69 Å². The van der Waals surface area contributed by atoms with Crippen LogP contribution in [0.1, 0.15) is 30.9 Å². The van der Waals surface area contributed by atoms with Crippen LogP contribution in [-0.2, 0) is 21.2 Å². The number of benzene rings is 2. The molecule has 6 nitrogen and oxygen atoms in total. The zero-order valence-corrected chi connectivity index (χ0v) is 18.1. The van der Waals surface area contributed by atoms with Crippen molar-refractivity contribution in [1.29, 1.82) is 0 Å². The van der Waals surface area contributed by atoms with E-state index >= 15 is 0 Å². The molecular weight excluding hydrogens is 388 g/mol. The minimum absolute atomic E-state index is 0.0511. The van der Waals surface area contributed by atoms with E-state index in [4.69, 9.17) is 4.74 Å². The van der Waals surface area contributed by atoms with E-state index in [9.17, 15) is 13.2 Å². The molecule has 0 saturated heterocycles. The van der Waals surface area contributed by atoms with Crippen LogP contribution in [-0.4, -0.2) is 39.8 Å². The minimum Gasteiger partial charge on any atom is -0.495 e. The van der Waals surface area contributed by atoms with Gasteiger partial charge in [-0.25, -0.2) is 12.7 Å². The molecule has 2 aromatic rings. The Morgan fingerprint density at radius 3 is 2.41 bits per heavy atom. The second kappa shape index (κ2) is 10.2. The van der Waals surface area contributed by atoms with Crippen molar-refractivity contribution in [1.82, 2.24) is 4.31 Å². The van der Waals surface area contributed by atoms with Gasteiger partial charge in [0.25, 0.3) is 0 Å². The quantitative estimate of drug-likeness (QED) is 0.628. The standard InChI is InChI=1S/C22H28N2O4S/c1-5-6-7-17-8-12-19(13-9-17)23-22(25)15-11-18-10-14-20(28-4)21(16-18)29(26,27)24(2)3/h8-16H,5-7H2,1-4H3,(H,23,25)/b15-11+. The van der Waals surface area contributed by atoms with Gasteiger partial charge in [0.2, 0.25) is 15.9 Å². The maximum atomic E-state index is 12.5. The zero-order valence-electron chi connectivity index (χ0n) is 17.3. The highest BCUT2D eigenvalue weighted by Gasteiger charge is 2.22. The molecule has 0 spiro atoms. The summed E-state index contributed by atoms with van der Waals surface area (Å²) >= 11 is 0. The Morgan fingerprint density at radius 1 is 1.14 bits per heavy atom. The molecule has 1 N–H and O–H groups in total.